The molecule has 0 saturated heterocycles. The van der Waals surface area contributed by atoms with E-state index < -0.39 is 0 Å². The standard InChI is InChI=1S/C21H19ClN2O3S/c1-2-3-8-24-20(26)15-6-4-13(11-16(15)21(24)27)19(25)23-9-10-28-18-7-5-14(22)12-17(18)23/h4-7,11-12H,2-3,8-10H2,1H3. The number of hydrogen-bond donors (Lipinski definition) is 0. The molecule has 0 aromatic heterocycles. The van der Waals surface area contributed by atoms with Crippen LogP contribution >= 0.6 is 23.4 Å². The van der Waals surface area contributed by atoms with Gasteiger partial charge >= 0.3 is 0 Å². The van der Waals surface area contributed by atoms with Crippen LogP contribution in [0.5, 0.6) is 0 Å². The van der Waals surface area contributed by atoms with Crippen LogP contribution in [0.15, 0.2) is 41.3 Å². The Labute approximate surface area is 172 Å². The molecule has 2 aromatic rings. The second-order valence-electron chi connectivity index (χ2n) is 6.79. The summed E-state index contributed by atoms with van der Waals surface area (Å²) < 4.78 is 0. The highest BCUT2D eigenvalue weighted by molar-refractivity contribution is 7.99. The van der Waals surface area contributed by atoms with Gasteiger partial charge in [-0.3, -0.25) is 19.3 Å². The summed E-state index contributed by atoms with van der Waals surface area (Å²) in [5.41, 5.74) is 1.86. The number of thioether (sulfide) groups is 1. The third-order valence-electron chi connectivity index (χ3n) is 4.98. The van der Waals surface area contributed by atoms with Crippen molar-refractivity contribution in [1.82, 2.24) is 4.90 Å². The number of carbonyl (C=O) groups is 3. The lowest BCUT2D eigenvalue weighted by atomic mass is 10.0. The predicted octanol–water partition coefficient (Wildman–Crippen LogP) is 4.49. The summed E-state index contributed by atoms with van der Waals surface area (Å²) in [7, 11) is 0. The summed E-state index contributed by atoms with van der Waals surface area (Å²) in [6.07, 6.45) is 1.66. The van der Waals surface area contributed by atoms with Gasteiger partial charge in [0.05, 0.1) is 16.8 Å². The van der Waals surface area contributed by atoms with E-state index in [9.17, 15) is 14.4 Å². The van der Waals surface area contributed by atoms with Crippen molar-refractivity contribution in [2.24, 2.45) is 0 Å². The van der Waals surface area contributed by atoms with Gasteiger partial charge in [0, 0.05) is 34.3 Å². The molecule has 0 N–H and O–H groups in total. The van der Waals surface area contributed by atoms with Crippen molar-refractivity contribution in [2.75, 3.05) is 23.7 Å². The smallest absolute Gasteiger partial charge is 0.261 e. The molecule has 5 nitrogen and oxygen atoms in total. The molecule has 7 heteroatoms. The highest BCUT2D eigenvalue weighted by Crippen LogP contribution is 2.37. The minimum atomic E-state index is -0.319. The first-order valence-corrected chi connectivity index (χ1v) is 10.6. The Morgan fingerprint density at radius 2 is 1.89 bits per heavy atom. The zero-order valence-corrected chi connectivity index (χ0v) is 17.0. The van der Waals surface area contributed by atoms with Gasteiger partial charge in [-0.25, -0.2) is 0 Å². The number of imide groups is 1. The Hall–Kier alpha value is -2.31. The Morgan fingerprint density at radius 3 is 2.68 bits per heavy atom. The number of hydrogen-bond acceptors (Lipinski definition) is 4. The van der Waals surface area contributed by atoms with Crippen LogP contribution < -0.4 is 4.90 Å². The number of benzene rings is 2. The molecule has 2 aliphatic heterocycles. The number of halogens is 1. The molecule has 0 saturated carbocycles. The van der Waals surface area contributed by atoms with Gasteiger partial charge in [0.1, 0.15) is 0 Å². The van der Waals surface area contributed by atoms with Gasteiger partial charge in [-0.05, 0) is 42.8 Å². The van der Waals surface area contributed by atoms with Crippen molar-refractivity contribution in [3.63, 3.8) is 0 Å². The summed E-state index contributed by atoms with van der Waals surface area (Å²) in [5.74, 6) is -0.00775. The Bertz CT molecular complexity index is 992. The number of amides is 3. The lowest BCUT2D eigenvalue weighted by Crippen LogP contribution is -2.35. The van der Waals surface area contributed by atoms with Crippen LogP contribution in [0.1, 0.15) is 50.8 Å². The Kier molecular flexibility index (Phi) is 5.17. The lowest BCUT2D eigenvalue weighted by molar-refractivity contribution is 0.0652. The van der Waals surface area contributed by atoms with Gasteiger partial charge in [0.25, 0.3) is 17.7 Å². The van der Waals surface area contributed by atoms with Gasteiger partial charge in [0.15, 0.2) is 0 Å². The first-order chi connectivity index (χ1) is 13.5. The van der Waals surface area contributed by atoms with Crippen molar-refractivity contribution in [3.8, 4) is 0 Å². The van der Waals surface area contributed by atoms with Gasteiger partial charge < -0.3 is 4.90 Å². The maximum Gasteiger partial charge on any atom is 0.261 e. The molecule has 0 unspecified atom stereocenters. The molecule has 0 atom stereocenters. The van der Waals surface area contributed by atoms with Gasteiger partial charge in [0.2, 0.25) is 0 Å². The molecule has 0 radical (unpaired) electrons. The van der Waals surface area contributed by atoms with Gasteiger partial charge in [-0.1, -0.05) is 24.9 Å². The molecule has 4 rings (SSSR count). The third kappa shape index (κ3) is 3.20. The highest BCUT2D eigenvalue weighted by atomic mass is 35.5. The molecule has 2 aromatic carbocycles. The van der Waals surface area contributed by atoms with E-state index in [0.29, 0.717) is 34.8 Å². The van der Waals surface area contributed by atoms with Crippen LogP contribution in [0.2, 0.25) is 5.02 Å². The maximum atomic E-state index is 13.2. The summed E-state index contributed by atoms with van der Waals surface area (Å²) in [5, 5.41) is 0.570. The number of fused-ring (bicyclic) bond motifs is 2. The molecule has 2 aliphatic rings. The second-order valence-corrected chi connectivity index (χ2v) is 8.37. The first kappa shape index (κ1) is 19.0. The molecule has 144 valence electrons. The average molecular weight is 415 g/mol. The number of carbonyl (C=O) groups excluding carboxylic acids is 3. The van der Waals surface area contributed by atoms with Crippen molar-refractivity contribution in [1.29, 1.82) is 0 Å². The summed E-state index contributed by atoms with van der Waals surface area (Å²) in [6, 6.07) is 10.3. The lowest BCUT2D eigenvalue weighted by Gasteiger charge is -2.29. The van der Waals surface area contributed by atoms with E-state index in [1.807, 2.05) is 19.1 Å². The number of unbranched alkanes of at least 4 members (excludes halogenated alkanes) is 1. The Balaban J connectivity index is 1.66. The topological polar surface area (TPSA) is 57.7 Å². The van der Waals surface area contributed by atoms with Gasteiger partial charge in [-0.15, -0.1) is 11.8 Å². The van der Waals surface area contributed by atoms with E-state index in [2.05, 4.69) is 0 Å². The molecule has 0 aliphatic carbocycles. The zero-order valence-electron chi connectivity index (χ0n) is 15.4. The van der Waals surface area contributed by atoms with Crippen LogP contribution in [-0.4, -0.2) is 41.5 Å². The normalized spacial score (nSPS) is 15.6. The molecular formula is C21H19ClN2O3S. The maximum absolute atomic E-state index is 13.2. The molecule has 28 heavy (non-hydrogen) atoms. The monoisotopic (exact) mass is 414 g/mol. The number of rotatable bonds is 4. The fraction of sp³-hybridized carbons (Fsp3) is 0.286. The number of anilines is 1. The minimum absolute atomic E-state index is 0.195. The predicted molar refractivity (Wildman–Crippen MR) is 111 cm³/mol. The molecule has 0 fully saturated rings. The first-order valence-electron chi connectivity index (χ1n) is 9.25. The van der Waals surface area contributed by atoms with E-state index in [-0.39, 0.29) is 17.7 Å². The molecular weight excluding hydrogens is 396 g/mol. The van der Waals surface area contributed by atoms with Crippen molar-refractivity contribution < 1.29 is 14.4 Å². The summed E-state index contributed by atoms with van der Waals surface area (Å²) in [6.45, 7) is 2.97. The summed E-state index contributed by atoms with van der Waals surface area (Å²) >= 11 is 7.81. The number of nitrogens with zero attached hydrogens (tertiary/aromatic N) is 2. The third-order valence-corrected chi connectivity index (χ3v) is 6.26. The highest BCUT2D eigenvalue weighted by Gasteiger charge is 2.36. The molecule has 2 heterocycles. The van der Waals surface area contributed by atoms with Crippen LogP contribution in [0.4, 0.5) is 5.69 Å². The van der Waals surface area contributed by atoms with E-state index >= 15 is 0 Å². The SMILES string of the molecule is CCCCN1C(=O)c2ccc(C(=O)N3CCSc4ccc(Cl)cc43)cc2C1=O. The molecule has 3 amide bonds. The second kappa shape index (κ2) is 7.60. The largest absolute Gasteiger partial charge is 0.306 e. The molecule has 0 bridgehead atoms. The van der Waals surface area contributed by atoms with Crippen molar-refractivity contribution in [3.05, 3.63) is 58.1 Å². The van der Waals surface area contributed by atoms with Crippen LogP contribution in [-0.2, 0) is 0 Å². The van der Waals surface area contributed by atoms with Crippen LogP contribution in [0.3, 0.4) is 0 Å². The van der Waals surface area contributed by atoms with Gasteiger partial charge in [-0.2, -0.15) is 0 Å². The van der Waals surface area contributed by atoms with E-state index in [1.54, 1.807) is 40.9 Å². The van der Waals surface area contributed by atoms with Crippen molar-refractivity contribution >= 4 is 46.8 Å². The average Bonchev–Trinajstić information content (AvgIpc) is 2.95. The Morgan fingerprint density at radius 1 is 1.11 bits per heavy atom. The van der Waals surface area contributed by atoms with Crippen LogP contribution in [0, 0.1) is 0 Å². The fourth-order valence-corrected chi connectivity index (χ4v) is 4.64. The van der Waals surface area contributed by atoms with Crippen LogP contribution in [0.25, 0.3) is 0 Å². The van der Waals surface area contributed by atoms with E-state index in [1.165, 1.54) is 4.90 Å². The van der Waals surface area contributed by atoms with Crippen molar-refractivity contribution in [2.45, 2.75) is 24.7 Å². The fourth-order valence-electron chi connectivity index (χ4n) is 3.50. The van der Waals surface area contributed by atoms with E-state index in [4.69, 9.17) is 11.6 Å². The minimum Gasteiger partial charge on any atom is -0.306 e. The quantitative estimate of drug-likeness (QED) is 0.692. The zero-order chi connectivity index (χ0) is 19.8. The summed E-state index contributed by atoms with van der Waals surface area (Å²) in [4.78, 5) is 42.3. The van der Waals surface area contributed by atoms with E-state index in [0.717, 1.165) is 29.2 Å². The molecule has 0 spiro atoms.